The summed E-state index contributed by atoms with van der Waals surface area (Å²) in [4.78, 5) is 13.7. The van der Waals surface area contributed by atoms with Crippen molar-refractivity contribution in [2.45, 2.75) is 0 Å². The largest absolute Gasteiger partial charge is 0.482 e. The van der Waals surface area contributed by atoms with Crippen LogP contribution >= 0.6 is 34.8 Å². The van der Waals surface area contributed by atoms with Gasteiger partial charge in [0.25, 0.3) is 5.91 Å². The number of anilines is 1. The summed E-state index contributed by atoms with van der Waals surface area (Å²) in [5.41, 5.74) is 2.70. The lowest BCUT2D eigenvalue weighted by atomic mass is 10.3. The number of hydrogen-bond donors (Lipinski definition) is 1. The van der Waals surface area contributed by atoms with Crippen LogP contribution in [0.3, 0.4) is 0 Å². The summed E-state index contributed by atoms with van der Waals surface area (Å²) in [6.07, 6.45) is 0. The molecule has 0 bridgehead atoms. The van der Waals surface area contributed by atoms with Gasteiger partial charge in [-0.2, -0.15) is 4.80 Å². The highest BCUT2D eigenvalue weighted by atomic mass is 35.5. The number of fused-ring (bicyclic) bond motifs is 1. The van der Waals surface area contributed by atoms with Gasteiger partial charge in [0.2, 0.25) is 0 Å². The van der Waals surface area contributed by atoms with Crippen molar-refractivity contribution < 1.29 is 9.53 Å². The maximum absolute atomic E-state index is 12.2. The third-order valence-corrected chi connectivity index (χ3v) is 4.76. The van der Waals surface area contributed by atoms with Crippen LogP contribution in [0.15, 0.2) is 60.7 Å². The van der Waals surface area contributed by atoms with E-state index in [0.717, 1.165) is 5.69 Å². The van der Waals surface area contributed by atoms with Crippen molar-refractivity contribution in [3.63, 3.8) is 0 Å². The van der Waals surface area contributed by atoms with E-state index >= 15 is 0 Å². The van der Waals surface area contributed by atoms with Crippen LogP contribution < -0.4 is 10.1 Å². The Morgan fingerprint density at radius 3 is 2.38 bits per heavy atom. The van der Waals surface area contributed by atoms with Gasteiger partial charge in [0.05, 0.1) is 10.7 Å². The minimum absolute atomic E-state index is 0.198. The van der Waals surface area contributed by atoms with Gasteiger partial charge in [-0.15, -0.1) is 10.2 Å². The molecule has 0 aliphatic carbocycles. The lowest BCUT2D eigenvalue weighted by molar-refractivity contribution is -0.118. The molecule has 0 saturated carbocycles. The van der Waals surface area contributed by atoms with Crippen molar-refractivity contribution in [3.05, 3.63) is 75.7 Å². The first-order chi connectivity index (χ1) is 14.0. The number of benzene rings is 3. The maximum Gasteiger partial charge on any atom is 0.262 e. The summed E-state index contributed by atoms with van der Waals surface area (Å²) in [7, 11) is 0. The van der Waals surface area contributed by atoms with E-state index in [1.807, 2.05) is 12.1 Å². The molecule has 0 aliphatic heterocycles. The first-order valence-corrected chi connectivity index (χ1v) is 9.62. The standard InChI is InChI=1S/C20H13Cl3N4O2/c21-12-1-5-15(6-2-12)27-25-17-7-4-14(10-18(17)26-27)24-20(28)11-29-19-8-3-13(22)9-16(19)23/h1-10H,11H2,(H,24,28). The summed E-state index contributed by atoms with van der Waals surface area (Å²) in [6.45, 7) is -0.198. The summed E-state index contributed by atoms with van der Waals surface area (Å²) < 4.78 is 5.44. The van der Waals surface area contributed by atoms with E-state index in [0.29, 0.717) is 37.5 Å². The van der Waals surface area contributed by atoms with Gasteiger partial charge in [-0.05, 0) is 60.7 Å². The predicted molar refractivity (Wildman–Crippen MR) is 114 cm³/mol. The molecule has 6 nitrogen and oxygen atoms in total. The molecule has 3 aromatic carbocycles. The maximum atomic E-state index is 12.2. The smallest absolute Gasteiger partial charge is 0.262 e. The number of aromatic nitrogens is 3. The van der Waals surface area contributed by atoms with E-state index in [1.54, 1.807) is 48.5 Å². The first kappa shape index (κ1) is 19.5. The third-order valence-electron chi connectivity index (χ3n) is 3.97. The molecule has 1 amide bonds. The van der Waals surface area contributed by atoms with E-state index in [4.69, 9.17) is 39.5 Å². The molecule has 0 atom stereocenters. The first-order valence-electron chi connectivity index (χ1n) is 8.49. The molecule has 9 heteroatoms. The quantitative estimate of drug-likeness (QED) is 0.445. The molecular formula is C20H13Cl3N4O2. The van der Waals surface area contributed by atoms with Gasteiger partial charge in [0.15, 0.2) is 6.61 Å². The molecule has 146 valence electrons. The summed E-state index contributed by atoms with van der Waals surface area (Å²) >= 11 is 17.8. The highest BCUT2D eigenvalue weighted by Crippen LogP contribution is 2.27. The zero-order chi connectivity index (χ0) is 20.4. The normalized spacial score (nSPS) is 10.9. The van der Waals surface area contributed by atoms with Crippen LogP contribution in [0.4, 0.5) is 5.69 Å². The predicted octanol–water partition coefficient (Wildman–Crippen LogP) is 5.40. The van der Waals surface area contributed by atoms with Crippen molar-refractivity contribution >= 4 is 57.4 Å². The second-order valence-electron chi connectivity index (χ2n) is 6.08. The summed E-state index contributed by atoms with van der Waals surface area (Å²) in [5, 5.41) is 13.1. The average molecular weight is 448 g/mol. The van der Waals surface area contributed by atoms with Crippen molar-refractivity contribution in [1.82, 2.24) is 15.0 Å². The average Bonchev–Trinajstić information content (AvgIpc) is 3.11. The monoisotopic (exact) mass is 446 g/mol. The highest BCUT2D eigenvalue weighted by Gasteiger charge is 2.10. The molecule has 4 aromatic rings. The van der Waals surface area contributed by atoms with E-state index in [-0.39, 0.29) is 12.5 Å². The summed E-state index contributed by atoms with van der Waals surface area (Å²) in [5.74, 6) is 0.0491. The Labute approximate surface area is 180 Å². The second kappa shape index (κ2) is 8.29. The molecule has 0 fully saturated rings. The van der Waals surface area contributed by atoms with Crippen LogP contribution in [0, 0.1) is 0 Å². The molecule has 0 saturated heterocycles. The van der Waals surface area contributed by atoms with Gasteiger partial charge >= 0.3 is 0 Å². The number of rotatable bonds is 5. The van der Waals surface area contributed by atoms with Crippen LogP contribution in [0.1, 0.15) is 0 Å². The van der Waals surface area contributed by atoms with Crippen LogP contribution in [0.2, 0.25) is 15.1 Å². The lowest BCUT2D eigenvalue weighted by Crippen LogP contribution is -2.20. The number of carbonyl (C=O) groups excluding carboxylic acids is 1. The van der Waals surface area contributed by atoms with Gasteiger partial charge in [-0.3, -0.25) is 4.79 Å². The minimum Gasteiger partial charge on any atom is -0.482 e. The molecule has 1 aromatic heterocycles. The van der Waals surface area contributed by atoms with E-state index in [2.05, 4.69) is 15.5 Å². The molecule has 0 aliphatic rings. The SMILES string of the molecule is O=C(COc1ccc(Cl)cc1Cl)Nc1ccc2nn(-c3ccc(Cl)cc3)nc2c1. The molecule has 0 spiro atoms. The van der Waals surface area contributed by atoms with Crippen molar-refractivity contribution in [2.24, 2.45) is 0 Å². The Balaban J connectivity index is 1.45. The highest BCUT2D eigenvalue weighted by molar-refractivity contribution is 6.35. The Bertz CT molecular complexity index is 1190. The number of carbonyl (C=O) groups is 1. The van der Waals surface area contributed by atoms with Crippen LogP contribution in [0.25, 0.3) is 16.7 Å². The molecule has 29 heavy (non-hydrogen) atoms. The van der Waals surface area contributed by atoms with E-state index < -0.39 is 0 Å². The van der Waals surface area contributed by atoms with E-state index in [9.17, 15) is 4.79 Å². The van der Waals surface area contributed by atoms with Crippen LogP contribution in [-0.2, 0) is 4.79 Å². The Kier molecular flexibility index (Phi) is 5.58. The van der Waals surface area contributed by atoms with Gasteiger partial charge in [0, 0.05) is 15.7 Å². The number of nitrogens with zero attached hydrogens (tertiary/aromatic N) is 3. The number of hydrogen-bond acceptors (Lipinski definition) is 4. The topological polar surface area (TPSA) is 69.0 Å². The van der Waals surface area contributed by atoms with Crippen molar-refractivity contribution in [1.29, 1.82) is 0 Å². The van der Waals surface area contributed by atoms with Gasteiger partial charge in [-0.25, -0.2) is 0 Å². The summed E-state index contributed by atoms with van der Waals surface area (Å²) in [6, 6.07) is 17.2. The van der Waals surface area contributed by atoms with Crippen LogP contribution in [0.5, 0.6) is 5.75 Å². The molecule has 0 radical (unpaired) electrons. The Morgan fingerprint density at radius 1 is 0.897 bits per heavy atom. The van der Waals surface area contributed by atoms with Gasteiger partial charge < -0.3 is 10.1 Å². The fourth-order valence-electron chi connectivity index (χ4n) is 2.61. The van der Waals surface area contributed by atoms with Crippen LogP contribution in [-0.4, -0.2) is 27.5 Å². The Morgan fingerprint density at radius 2 is 1.62 bits per heavy atom. The fraction of sp³-hybridized carbons (Fsp3) is 0.0500. The van der Waals surface area contributed by atoms with Gasteiger partial charge in [-0.1, -0.05) is 34.8 Å². The molecule has 4 rings (SSSR count). The van der Waals surface area contributed by atoms with Crippen molar-refractivity contribution in [2.75, 3.05) is 11.9 Å². The number of amides is 1. The molecule has 1 heterocycles. The van der Waals surface area contributed by atoms with Crippen molar-refractivity contribution in [3.8, 4) is 11.4 Å². The number of halogens is 3. The second-order valence-corrected chi connectivity index (χ2v) is 7.36. The molecule has 0 unspecified atom stereocenters. The zero-order valence-electron chi connectivity index (χ0n) is 14.8. The molecular weight excluding hydrogens is 435 g/mol. The van der Waals surface area contributed by atoms with Gasteiger partial charge in [0.1, 0.15) is 16.8 Å². The third kappa shape index (κ3) is 4.62. The molecule has 1 N–H and O–H groups in total. The zero-order valence-corrected chi connectivity index (χ0v) is 17.0. The lowest BCUT2D eigenvalue weighted by Gasteiger charge is -2.09. The minimum atomic E-state index is -0.333. The number of nitrogens with one attached hydrogen (secondary N) is 1. The number of ether oxygens (including phenoxy) is 1. The van der Waals surface area contributed by atoms with E-state index in [1.165, 1.54) is 4.80 Å². The fourth-order valence-corrected chi connectivity index (χ4v) is 3.20. The Hall–Kier alpha value is -2.80.